The molecule has 0 radical (unpaired) electrons. The molecule has 1 aromatic carbocycles. The molecule has 2 amide bonds. The highest BCUT2D eigenvalue weighted by molar-refractivity contribution is 6.01. The molecule has 4 rings (SSSR count). The molecule has 2 aliphatic rings. The summed E-state index contributed by atoms with van der Waals surface area (Å²) in [5.74, 6) is -1.08. The maximum Gasteiger partial charge on any atom is 0.358 e. The van der Waals surface area contributed by atoms with Crippen molar-refractivity contribution >= 4 is 17.8 Å². The standard InChI is InChI=1S/C26H34N4O4/c1-4-34-24(32)21-15-22-23(31)29(16-19-12-10-9-11-18(19)2)26(3,17-30(22)28-21)25(33)27-20-13-7-5-6-8-14-20/h9-12,15,20H,4-8,13-14,16-17H2,1-3H3,(H,27,33)/t26-/m0/s1. The van der Waals surface area contributed by atoms with Gasteiger partial charge in [0.25, 0.3) is 5.91 Å². The monoisotopic (exact) mass is 466 g/mol. The maximum absolute atomic E-state index is 13.7. The minimum Gasteiger partial charge on any atom is -0.461 e. The van der Waals surface area contributed by atoms with Gasteiger partial charge in [0, 0.05) is 18.7 Å². The van der Waals surface area contributed by atoms with Gasteiger partial charge in [-0.15, -0.1) is 0 Å². The van der Waals surface area contributed by atoms with Crippen LogP contribution in [0.15, 0.2) is 30.3 Å². The quantitative estimate of drug-likeness (QED) is 0.518. The summed E-state index contributed by atoms with van der Waals surface area (Å²) in [6.45, 7) is 6.19. The van der Waals surface area contributed by atoms with E-state index < -0.39 is 11.5 Å². The molecule has 0 bridgehead atoms. The maximum atomic E-state index is 13.7. The van der Waals surface area contributed by atoms with E-state index in [4.69, 9.17) is 4.74 Å². The second kappa shape index (κ2) is 9.99. The average Bonchev–Trinajstić information content (AvgIpc) is 3.07. The number of hydrogen-bond acceptors (Lipinski definition) is 5. The molecule has 1 saturated carbocycles. The number of benzene rings is 1. The van der Waals surface area contributed by atoms with Gasteiger partial charge in [-0.25, -0.2) is 4.79 Å². The zero-order chi connectivity index (χ0) is 24.3. The fraction of sp³-hybridized carbons (Fsp3) is 0.538. The molecule has 8 heteroatoms. The van der Waals surface area contributed by atoms with E-state index in [0.717, 1.165) is 36.8 Å². The number of carbonyl (C=O) groups is 3. The van der Waals surface area contributed by atoms with E-state index in [9.17, 15) is 14.4 Å². The summed E-state index contributed by atoms with van der Waals surface area (Å²) in [4.78, 5) is 41.4. The van der Waals surface area contributed by atoms with Crippen LogP contribution in [0.4, 0.5) is 0 Å². The highest BCUT2D eigenvalue weighted by Gasteiger charge is 2.48. The SMILES string of the molecule is CCOC(=O)c1cc2n(n1)C[C@@](C)(C(=O)NC1CCCCCC1)N(Cc1ccccc1C)C2=O. The van der Waals surface area contributed by atoms with E-state index in [0.29, 0.717) is 6.54 Å². The Bertz CT molecular complexity index is 1070. The van der Waals surface area contributed by atoms with Crippen molar-refractivity contribution < 1.29 is 19.1 Å². The number of rotatable bonds is 6. The summed E-state index contributed by atoms with van der Waals surface area (Å²) in [7, 11) is 0. The van der Waals surface area contributed by atoms with Crippen molar-refractivity contribution in [1.82, 2.24) is 20.0 Å². The number of esters is 1. The van der Waals surface area contributed by atoms with Crippen LogP contribution in [-0.2, 0) is 22.6 Å². The number of nitrogens with one attached hydrogen (secondary N) is 1. The van der Waals surface area contributed by atoms with Crippen LogP contribution in [0, 0.1) is 6.92 Å². The van der Waals surface area contributed by atoms with Gasteiger partial charge < -0.3 is 15.0 Å². The van der Waals surface area contributed by atoms with Crippen LogP contribution >= 0.6 is 0 Å². The van der Waals surface area contributed by atoms with Crippen LogP contribution in [0.3, 0.4) is 0 Å². The molecular formula is C26H34N4O4. The zero-order valence-electron chi connectivity index (χ0n) is 20.3. The van der Waals surface area contributed by atoms with Gasteiger partial charge in [-0.05, 0) is 44.7 Å². The minimum atomic E-state index is -1.16. The van der Waals surface area contributed by atoms with Crippen LogP contribution in [-0.4, -0.2) is 50.7 Å². The van der Waals surface area contributed by atoms with Gasteiger partial charge in [0.2, 0.25) is 5.91 Å². The Hall–Kier alpha value is -3.16. The Balaban J connectivity index is 1.69. The van der Waals surface area contributed by atoms with Crippen molar-refractivity contribution in [3.8, 4) is 0 Å². The predicted molar refractivity (Wildman–Crippen MR) is 127 cm³/mol. The molecule has 0 unspecified atom stereocenters. The number of nitrogens with zero attached hydrogens (tertiary/aromatic N) is 3. The summed E-state index contributed by atoms with van der Waals surface area (Å²) < 4.78 is 6.55. The van der Waals surface area contributed by atoms with Gasteiger partial charge in [-0.1, -0.05) is 49.9 Å². The van der Waals surface area contributed by atoms with Crippen molar-refractivity contribution in [2.45, 2.75) is 84.0 Å². The Labute approximate surface area is 200 Å². The summed E-state index contributed by atoms with van der Waals surface area (Å²) in [6.07, 6.45) is 6.48. The number of hydrogen-bond donors (Lipinski definition) is 1. The lowest BCUT2D eigenvalue weighted by atomic mass is 9.92. The van der Waals surface area contributed by atoms with Crippen LogP contribution < -0.4 is 5.32 Å². The summed E-state index contributed by atoms with van der Waals surface area (Å²) in [6, 6.07) is 9.43. The van der Waals surface area contributed by atoms with Gasteiger partial charge in [0.15, 0.2) is 5.69 Å². The highest BCUT2D eigenvalue weighted by atomic mass is 16.5. The zero-order valence-corrected chi connectivity index (χ0v) is 20.3. The van der Waals surface area contributed by atoms with Crippen molar-refractivity contribution in [2.24, 2.45) is 0 Å². The first-order valence-corrected chi connectivity index (χ1v) is 12.3. The molecule has 2 aromatic rings. The lowest BCUT2D eigenvalue weighted by Crippen LogP contribution is -2.64. The molecule has 0 spiro atoms. The third-order valence-electron chi connectivity index (χ3n) is 7.05. The molecule has 1 aliphatic carbocycles. The van der Waals surface area contributed by atoms with E-state index in [1.807, 2.05) is 31.2 Å². The Kier molecular flexibility index (Phi) is 7.05. The number of aryl methyl sites for hydroxylation is 1. The number of amides is 2. The van der Waals surface area contributed by atoms with Gasteiger partial charge >= 0.3 is 5.97 Å². The largest absolute Gasteiger partial charge is 0.461 e. The van der Waals surface area contributed by atoms with E-state index in [1.165, 1.54) is 23.6 Å². The van der Waals surface area contributed by atoms with Gasteiger partial charge in [0.05, 0.1) is 13.2 Å². The second-order valence-electron chi connectivity index (χ2n) is 9.55. The summed E-state index contributed by atoms with van der Waals surface area (Å²) >= 11 is 0. The molecule has 1 atom stereocenters. The molecule has 2 heterocycles. The van der Waals surface area contributed by atoms with E-state index in [2.05, 4.69) is 10.4 Å². The van der Waals surface area contributed by atoms with Gasteiger partial charge in [0.1, 0.15) is 11.2 Å². The molecule has 34 heavy (non-hydrogen) atoms. The summed E-state index contributed by atoms with van der Waals surface area (Å²) in [5, 5.41) is 7.57. The molecule has 0 saturated heterocycles. The molecule has 182 valence electrons. The second-order valence-corrected chi connectivity index (χ2v) is 9.55. The number of ether oxygens (including phenoxy) is 1. The lowest BCUT2D eigenvalue weighted by Gasteiger charge is -2.44. The van der Waals surface area contributed by atoms with E-state index in [1.54, 1.807) is 18.7 Å². The van der Waals surface area contributed by atoms with Crippen LogP contribution in [0.5, 0.6) is 0 Å². The Morgan fingerprint density at radius 3 is 2.56 bits per heavy atom. The average molecular weight is 467 g/mol. The van der Waals surface area contributed by atoms with Crippen molar-refractivity contribution in [2.75, 3.05) is 6.61 Å². The Morgan fingerprint density at radius 2 is 1.88 bits per heavy atom. The topological polar surface area (TPSA) is 93.5 Å². The molecule has 1 fully saturated rings. The molecule has 1 aromatic heterocycles. The molecule has 1 N–H and O–H groups in total. The molecular weight excluding hydrogens is 432 g/mol. The van der Waals surface area contributed by atoms with Gasteiger partial charge in [-0.2, -0.15) is 5.10 Å². The molecule has 8 nitrogen and oxygen atoms in total. The fourth-order valence-corrected chi connectivity index (χ4v) is 4.92. The van der Waals surface area contributed by atoms with E-state index >= 15 is 0 Å². The highest BCUT2D eigenvalue weighted by Crippen LogP contribution is 2.31. The Morgan fingerprint density at radius 1 is 1.18 bits per heavy atom. The number of aromatic nitrogens is 2. The van der Waals surface area contributed by atoms with E-state index in [-0.39, 0.29) is 42.4 Å². The first-order valence-electron chi connectivity index (χ1n) is 12.3. The lowest BCUT2D eigenvalue weighted by molar-refractivity contribution is -0.134. The van der Waals surface area contributed by atoms with Crippen LogP contribution in [0.25, 0.3) is 0 Å². The summed E-state index contributed by atoms with van der Waals surface area (Å²) in [5.41, 5.74) is 1.23. The fourth-order valence-electron chi connectivity index (χ4n) is 4.92. The van der Waals surface area contributed by atoms with Crippen molar-refractivity contribution in [3.63, 3.8) is 0 Å². The minimum absolute atomic E-state index is 0.0782. The normalized spacial score (nSPS) is 21.0. The van der Waals surface area contributed by atoms with Crippen molar-refractivity contribution in [1.29, 1.82) is 0 Å². The number of fused-ring (bicyclic) bond motifs is 1. The first kappa shape index (κ1) is 24.0. The predicted octanol–water partition coefficient (Wildman–Crippen LogP) is 3.62. The third kappa shape index (κ3) is 4.72. The molecule has 1 aliphatic heterocycles. The third-order valence-corrected chi connectivity index (χ3v) is 7.05. The van der Waals surface area contributed by atoms with Crippen LogP contribution in [0.1, 0.15) is 84.5 Å². The number of carbonyl (C=O) groups excluding carboxylic acids is 3. The smallest absolute Gasteiger partial charge is 0.358 e. The van der Waals surface area contributed by atoms with Gasteiger partial charge in [-0.3, -0.25) is 14.3 Å². The first-order chi connectivity index (χ1) is 16.3. The van der Waals surface area contributed by atoms with Crippen LogP contribution in [0.2, 0.25) is 0 Å². The van der Waals surface area contributed by atoms with Crippen molar-refractivity contribution in [3.05, 3.63) is 52.8 Å².